The van der Waals surface area contributed by atoms with Crippen molar-refractivity contribution in [1.82, 2.24) is 0 Å². The number of oxime groups is 1. The van der Waals surface area contributed by atoms with Gasteiger partial charge in [-0.15, -0.1) is 0 Å². The van der Waals surface area contributed by atoms with Crippen LogP contribution in [0, 0.1) is 0 Å². The first-order valence-corrected chi connectivity index (χ1v) is 4.82. The summed E-state index contributed by atoms with van der Waals surface area (Å²) in [5, 5.41) is 12.3. The van der Waals surface area contributed by atoms with Crippen LogP contribution in [0.2, 0.25) is 0 Å². The molecule has 2 rings (SSSR count). The van der Waals surface area contributed by atoms with Crippen LogP contribution in [0.4, 0.5) is 0 Å². The molecule has 84 valence electrons. The molecule has 0 saturated carbocycles. The summed E-state index contributed by atoms with van der Waals surface area (Å²) in [7, 11) is 0. The molecule has 0 amide bonds. The number of hydrogen-bond donors (Lipinski definition) is 2. The van der Waals surface area contributed by atoms with Crippen LogP contribution in [-0.4, -0.2) is 17.1 Å². The fourth-order valence-electron chi connectivity index (χ4n) is 1.36. The van der Waals surface area contributed by atoms with Gasteiger partial charge in [0.05, 0.1) is 6.26 Å². The van der Waals surface area contributed by atoms with E-state index >= 15 is 0 Å². The van der Waals surface area contributed by atoms with Crippen LogP contribution in [0.15, 0.2) is 40.1 Å². The molecular weight excluding hydrogens is 208 g/mol. The highest BCUT2D eigenvalue weighted by molar-refractivity contribution is 5.84. The van der Waals surface area contributed by atoms with Gasteiger partial charge in [-0.1, -0.05) is 5.16 Å². The Morgan fingerprint density at radius 2 is 2.31 bits per heavy atom. The highest BCUT2D eigenvalue weighted by Gasteiger charge is 2.09. The summed E-state index contributed by atoms with van der Waals surface area (Å²) in [5.74, 6) is 0.681. The van der Waals surface area contributed by atoms with Crippen LogP contribution in [-0.2, 0) is 0 Å². The van der Waals surface area contributed by atoms with Crippen molar-refractivity contribution in [1.29, 1.82) is 0 Å². The summed E-state index contributed by atoms with van der Waals surface area (Å²) in [5.41, 5.74) is 6.21. The van der Waals surface area contributed by atoms with Crippen LogP contribution in [0.25, 0.3) is 11.0 Å². The summed E-state index contributed by atoms with van der Waals surface area (Å²) < 4.78 is 10.7. The van der Waals surface area contributed by atoms with E-state index in [1.165, 1.54) is 0 Å². The fraction of sp³-hybridized carbons (Fsp3) is 0.182. The molecule has 5 nitrogen and oxygen atoms in total. The Morgan fingerprint density at radius 1 is 1.50 bits per heavy atom. The molecule has 0 fully saturated rings. The second kappa shape index (κ2) is 4.14. The normalized spacial score (nSPS) is 13.9. The molecule has 1 unspecified atom stereocenters. The Morgan fingerprint density at radius 3 is 3.06 bits per heavy atom. The number of amidine groups is 1. The average molecular weight is 220 g/mol. The van der Waals surface area contributed by atoms with Gasteiger partial charge in [0.1, 0.15) is 11.3 Å². The van der Waals surface area contributed by atoms with Gasteiger partial charge >= 0.3 is 0 Å². The molecular formula is C11H12N2O3. The topological polar surface area (TPSA) is 81.0 Å². The van der Waals surface area contributed by atoms with Crippen LogP contribution in [0.3, 0.4) is 0 Å². The van der Waals surface area contributed by atoms with Crippen molar-refractivity contribution in [2.75, 3.05) is 0 Å². The van der Waals surface area contributed by atoms with Crippen LogP contribution < -0.4 is 10.5 Å². The monoisotopic (exact) mass is 220 g/mol. The summed E-state index contributed by atoms with van der Waals surface area (Å²) in [4.78, 5) is 0. The second-order valence-corrected chi connectivity index (χ2v) is 3.41. The molecule has 0 saturated heterocycles. The van der Waals surface area contributed by atoms with Crippen LogP contribution in [0.1, 0.15) is 6.92 Å². The Balaban J connectivity index is 2.21. The Labute approximate surface area is 92.1 Å². The zero-order valence-corrected chi connectivity index (χ0v) is 8.75. The zero-order valence-electron chi connectivity index (χ0n) is 8.75. The average Bonchev–Trinajstić information content (AvgIpc) is 2.75. The maximum absolute atomic E-state index is 8.49. The van der Waals surface area contributed by atoms with Crippen molar-refractivity contribution in [3.8, 4) is 5.75 Å². The minimum atomic E-state index is -0.477. The van der Waals surface area contributed by atoms with Crippen LogP contribution >= 0.6 is 0 Å². The van der Waals surface area contributed by atoms with Crippen LogP contribution in [0.5, 0.6) is 5.75 Å². The maximum Gasteiger partial charge on any atom is 0.180 e. The van der Waals surface area contributed by atoms with Gasteiger partial charge < -0.3 is 20.1 Å². The molecule has 0 bridgehead atoms. The third kappa shape index (κ3) is 1.93. The Hall–Kier alpha value is -2.17. The standard InChI is InChI=1S/C11H12N2O3/c1-7(11(12)13-14)16-9-2-3-10-8(6-9)4-5-15-10/h2-7,14H,1H3,(H2,12,13). The van der Waals surface area contributed by atoms with E-state index in [0.29, 0.717) is 5.75 Å². The molecule has 0 aliphatic rings. The van der Waals surface area contributed by atoms with E-state index in [0.717, 1.165) is 11.0 Å². The lowest BCUT2D eigenvalue weighted by Gasteiger charge is -2.12. The van der Waals surface area contributed by atoms with Crippen molar-refractivity contribution < 1.29 is 14.4 Å². The van der Waals surface area contributed by atoms with E-state index in [4.69, 9.17) is 20.1 Å². The molecule has 0 aliphatic carbocycles. The highest BCUT2D eigenvalue weighted by atomic mass is 16.5. The number of nitrogens with two attached hydrogens (primary N) is 1. The molecule has 0 radical (unpaired) electrons. The largest absolute Gasteiger partial charge is 0.483 e. The summed E-state index contributed by atoms with van der Waals surface area (Å²) in [6.45, 7) is 1.70. The zero-order chi connectivity index (χ0) is 11.5. The minimum absolute atomic E-state index is 0.0345. The number of nitrogens with zero attached hydrogens (tertiary/aromatic N) is 1. The van der Waals surface area contributed by atoms with Crippen molar-refractivity contribution in [3.63, 3.8) is 0 Å². The lowest BCUT2D eigenvalue weighted by atomic mass is 10.2. The van der Waals surface area contributed by atoms with Gasteiger partial charge in [0.15, 0.2) is 11.9 Å². The second-order valence-electron chi connectivity index (χ2n) is 3.41. The Bertz CT molecular complexity index is 519. The lowest BCUT2D eigenvalue weighted by Crippen LogP contribution is -2.31. The predicted molar refractivity (Wildman–Crippen MR) is 59.7 cm³/mol. The first-order chi connectivity index (χ1) is 7.70. The quantitative estimate of drug-likeness (QED) is 0.358. The van der Waals surface area contributed by atoms with Gasteiger partial charge in [0.25, 0.3) is 0 Å². The SMILES string of the molecule is CC(Oc1ccc2occc2c1)/C(N)=N\O. The van der Waals surface area contributed by atoms with Crippen molar-refractivity contribution in [2.45, 2.75) is 13.0 Å². The summed E-state index contributed by atoms with van der Waals surface area (Å²) >= 11 is 0. The van der Waals surface area contributed by atoms with E-state index < -0.39 is 6.10 Å². The van der Waals surface area contributed by atoms with E-state index in [2.05, 4.69) is 5.16 Å². The van der Waals surface area contributed by atoms with Gasteiger partial charge in [0, 0.05) is 5.39 Å². The molecule has 0 spiro atoms. The molecule has 5 heteroatoms. The molecule has 3 N–H and O–H groups in total. The van der Waals surface area contributed by atoms with Crippen molar-refractivity contribution in [3.05, 3.63) is 30.5 Å². The van der Waals surface area contributed by atoms with Gasteiger partial charge in [0.2, 0.25) is 0 Å². The maximum atomic E-state index is 8.49. The molecule has 1 atom stereocenters. The number of benzene rings is 1. The molecule has 1 aromatic heterocycles. The van der Waals surface area contributed by atoms with Gasteiger partial charge in [-0.25, -0.2) is 0 Å². The van der Waals surface area contributed by atoms with Crippen molar-refractivity contribution in [2.24, 2.45) is 10.9 Å². The summed E-state index contributed by atoms with van der Waals surface area (Å²) in [6.07, 6.45) is 1.14. The molecule has 0 aliphatic heterocycles. The number of ether oxygens (including phenoxy) is 1. The van der Waals surface area contributed by atoms with E-state index in [1.807, 2.05) is 18.2 Å². The lowest BCUT2D eigenvalue weighted by molar-refractivity contribution is 0.266. The minimum Gasteiger partial charge on any atom is -0.483 e. The third-order valence-electron chi connectivity index (χ3n) is 2.27. The van der Waals surface area contributed by atoms with E-state index in [-0.39, 0.29) is 5.84 Å². The Kier molecular flexibility index (Phi) is 2.68. The van der Waals surface area contributed by atoms with E-state index in [1.54, 1.807) is 19.3 Å². The van der Waals surface area contributed by atoms with Crippen molar-refractivity contribution >= 4 is 16.8 Å². The predicted octanol–water partition coefficient (Wildman–Crippen LogP) is 1.95. The number of furan rings is 1. The number of rotatable bonds is 3. The number of hydrogen-bond acceptors (Lipinski definition) is 4. The van der Waals surface area contributed by atoms with Gasteiger partial charge in [-0.05, 0) is 31.2 Å². The first kappa shape index (κ1) is 10.4. The van der Waals surface area contributed by atoms with Gasteiger partial charge in [-0.2, -0.15) is 0 Å². The molecule has 1 aromatic carbocycles. The third-order valence-corrected chi connectivity index (χ3v) is 2.27. The van der Waals surface area contributed by atoms with E-state index in [9.17, 15) is 0 Å². The molecule has 16 heavy (non-hydrogen) atoms. The number of fused-ring (bicyclic) bond motifs is 1. The molecule has 2 aromatic rings. The smallest absolute Gasteiger partial charge is 0.180 e. The van der Waals surface area contributed by atoms with Gasteiger partial charge in [-0.3, -0.25) is 0 Å². The first-order valence-electron chi connectivity index (χ1n) is 4.82. The molecule has 1 heterocycles. The summed E-state index contributed by atoms with van der Waals surface area (Å²) in [6, 6.07) is 7.26. The fourth-order valence-corrected chi connectivity index (χ4v) is 1.36. The highest BCUT2D eigenvalue weighted by Crippen LogP contribution is 2.22.